The number of ether oxygens (including phenoxy) is 2. The molecule has 0 amide bonds. The smallest absolute Gasteiger partial charge is 0.174 e. The molecule has 5 heteroatoms. The second kappa shape index (κ2) is 6.49. The molecule has 1 fully saturated rings. The number of methoxy groups -OCH3 is 2. The van der Waals surface area contributed by atoms with E-state index in [4.69, 9.17) is 15.2 Å². The van der Waals surface area contributed by atoms with E-state index in [1.165, 1.54) is 12.0 Å². The van der Waals surface area contributed by atoms with Crippen LogP contribution in [0.3, 0.4) is 0 Å². The minimum atomic E-state index is 0.268. The Balaban J connectivity index is 2.13. The van der Waals surface area contributed by atoms with Crippen molar-refractivity contribution in [1.29, 1.82) is 0 Å². The van der Waals surface area contributed by atoms with Gasteiger partial charge in [-0.25, -0.2) is 0 Å². The van der Waals surface area contributed by atoms with Gasteiger partial charge in [-0.2, -0.15) is 0 Å². The van der Waals surface area contributed by atoms with Crippen molar-refractivity contribution in [3.05, 3.63) is 21.3 Å². The van der Waals surface area contributed by atoms with Crippen LogP contribution in [-0.2, 0) is 6.54 Å². The molecule has 4 nitrogen and oxygen atoms in total. The molecule has 1 aromatic rings. The molecule has 1 atom stereocenters. The lowest BCUT2D eigenvalue weighted by Crippen LogP contribution is -2.31. The first-order valence-electron chi connectivity index (χ1n) is 6.84. The van der Waals surface area contributed by atoms with Gasteiger partial charge in [0.2, 0.25) is 0 Å². The maximum Gasteiger partial charge on any atom is 0.174 e. The standard InChI is InChI=1S/C15H23IN2O2/c1-15(9-17)4-5-18(10-15)8-11-6-12(16)14(20-3)13(7-11)19-2/h6-7H,4-5,8-10,17H2,1-3H3. The molecular weight excluding hydrogens is 367 g/mol. The van der Waals surface area contributed by atoms with Crippen LogP contribution in [0.25, 0.3) is 0 Å². The minimum Gasteiger partial charge on any atom is -0.493 e. The molecule has 2 N–H and O–H groups in total. The number of nitrogens with zero attached hydrogens (tertiary/aromatic N) is 1. The van der Waals surface area contributed by atoms with E-state index in [0.717, 1.165) is 41.2 Å². The third-order valence-corrected chi connectivity index (χ3v) is 4.83. The van der Waals surface area contributed by atoms with Gasteiger partial charge in [0.25, 0.3) is 0 Å². The van der Waals surface area contributed by atoms with Gasteiger partial charge >= 0.3 is 0 Å². The van der Waals surface area contributed by atoms with Gasteiger partial charge < -0.3 is 15.2 Å². The molecule has 20 heavy (non-hydrogen) atoms. The summed E-state index contributed by atoms with van der Waals surface area (Å²) in [6.07, 6.45) is 1.17. The Labute approximate surface area is 134 Å². The molecule has 1 heterocycles. The summed E-state index contributed by atoms with van der Waals surface area (Å²) < 4.78 is 11.9. The predicted molar refractivity (Wildman–Crippen MR) is 89.3 cm³/mol. The number of hydrogen-bond acceptors (Lipinski definition) is 4. The molecule has 1 saturated heterocycles. The fraction of sp³-hybridized carbons (Fsp3) is 0.600. The highest BCUT2D eigenvalue weighted by Crippen LogP contribution is 2.35. The second-order valence-electron chi connectivity index (χ2n) is 5.79. The zero-order valence-corrected chi connectivity index (χ0v) is 14.6. The molecule has 0 saturated carbocycles. The molecule has 0 aromatic heterocycles. The average molecular weight is 390 g/mol. The van der Waals surface area contributed by atoms with Crippen molar-refractivity contribution in [1.82, 2.24) is 4.90 Å². The van der Waals surface area contributed by atoms with Gasteiger partial charge in [0.15, 0.2) is 11.5 Å². The van der Waals surface area contributed by atoms with E-state index in [1.54, 1.807) is 14.2 Å². The summed E-state index contributed by atoms with van der Waals surface area (Å²) in [5.74, 6) is 1.61. The van der Waals surface area contributed by atoms with Crippen molar-refractivity contribution >= 4 is 22.6 Å². The van der Waals surface area contributed by atoms with Crippen LogP contribution in [0.15, 0.2) is 12.1 Å². The molecule has 112 valence electrons. The van der Waals surface area contributed by atoms with Crippen molar-refractivity contribution in [2.24, 2.45) is 11.1 Å². The molecule has 2 rings (SSSR count). The van der Waals surface area contributed by atoms with Crippen LogP contribution in [0.1, 0.15) is 18.9 Å². The van der Waals surface area contributed by atoms with Crippen LogP contribution >= 0.6 is 22.6 Å². The molecule has 1 unspecified atom stereocenters. The minimum absolute atomic E-state index is 0.268. The summed E-state index contributed by atoms with van der Waals surface area (Å²) in [4.78, 5) is 2.46. The van der Waals surface area contributed by atoms with Crippen LogP contribution in [0, 0.1) is 8.99 Å². The second-order valence-corrected chi connectivity index (χ2v) is 6.95. The lowest BCUT2D eigenvalue weighted by atomic mass is 9.90. The highest BCUT2D eigenvalue weighted by Gasteiger charge is 2.32. The molecular formula is C15H23IN2O2. The van der Waals surface area contributed by atoms with Gasteiger partial charge in [-0.1, -0.05) is 6.92 Å². The highest BCUT2D eigenvalue weighted by molar-refractivity contribution is 14.1. The normalized spacial score (nSPS) is 23.1. The Kier molecular flexibility index (Phi) is 5.14. The maximum atomic E-state index is 5.87. The van der Waals surface area contributed by atoms with Crippen LogP contribution in [-0.4, -0.2) is 38.8 Å². The molecule has 0 spiro atoms. The largest absolute Gasteiger partial charge is 0.493 e. The Morgan fingerprint density at radius 2 is 2.10 bits per heavy atom. The molecule has 1 aromatic carbocycles. The SMILES string of the molecule is COc1cc(CN2CCC(C)(CN)C2)cc(I)c1OC. The van der Waals surface area contributed by atoms with Crippen LogP contribution in [0.4, 0.5) is 0 Å². The summed E-state index contributed by atoms with van der Waals surface area (Å²) >= 11 is 2.29. The number of likely N-dealkylation sites (tertiary alicyclic amines) is 1. The van der Waals surface area contributed by atoms with E-state index in [0.29, 0.717) is 0 Å². The number of nitrogens with two attached hydrogens (primary N) is 1. The highest BCUT2D eigenvalue weighted by atomic mass is 127. The fourth-order valence-corrected chi connectivity index (χ4v) is 3.63. The summed E-state index contributed by atoms with van der Waals surface area (Å²) in [6.45, 7) is 6.14. The van der Waals surface area contributed by atoms with Gasteiger partial charge in [0, 0.05) is 13.1 Å². The Morgan fingerprint density at radius 3 is 2.65 bits per heavy atom. The fourth-order valence-electron chi connectivity index (χ4n) is 2.75. The molecule has 1 aliphatic heterocycles. The van der Waals surface area contributed by atoms with E-state index in [9.17, 15) is 0 Å². The maximum absolute atomic E-state index is 5.87. The quantitative estimate of drug-likeness (QED) is 0.785. The van der Waals surface area contributed by atoms with Crippen LogP contribution in [0.5, 0.6) is 11.5 Å². The van der Waals surface area contributed by atoms with Crippen molar-refractivity contribution in [2.45, 2.75) is 19.9 Å². The van der Waals surface area contributed by atoms with Crippen molar-refractivity contribution in [3.63, 3.8) is 0 Å². The number of halogens is 1. The van der Waals surface area contributed by atoms with Gasteiger partial charge in [-0.15, -0.1) is 0 Å². The average Bonchev–Trinajstić information content (AvgIpc) is 2.80. The Bertz CT molecular complexity index is 481. The first kappa shape index (κ1) is 15.9. The summed E-state index contributed by atoms with van der Waals surface area (Å²) in [5.41, 5.74) is 7.39. The van der Waals surface area contributed by atoms with E-state index in [-0.39, 0.29) is 5.41 Å². The van der Waals surface area contributed by atoms with Gasteiger partial charge in [0.05, 0.1) is 17.8 Å². The van der Waals surface area contributed by atoms with Crippen molar-refractivity contribution in [3.8, 4) is 11.5 Å². The van der Waals surface area contributed by atoms with E-state index in [1.807, 2.05) is 0 Å². The van der Waals surface area contributed by atoms with E-state index < -0.39 is 0 Å². The third-order valence-electron chi connectivity index (χ3n) is 4.03. The van der Waals surface area contributed by atoms with E-state index in [2.05, 4.69) is 46.5 Å². The topological polar surface area (TPSA) is 47.7 Å². The van der Waals surface area contributed by atoms with Crippen molar-refractivity contribution < 1.29 is 9.47 Å². The van der Waals surface area contributed by atoms with Crippen LogP contribution in [0.2, 0.25) is 0 Å². The zero-order chi connectivity index (χ0) is 14.8. The summed E-state index contributed by atoms with van der Waals surface area (Å²) in [7, 11) is 3.35. The van der Waals surface area contributed by atoms with Crippen LogP contribution < -0.4 is 15.2 Å². The lowest BCUT2D eigenvalue weighted by Gasteiger charge is -2.23. The third kappa shape index (κ3) is 3.38. The number of rotatable bonds is 5. The molecule has 1 aliphatic rings. The lowest BCUT2D eigenvalue weighted by molar-refractivity contribution is 0.273. The number of hydrogen-bond donors (Lipinski definition) is 1. The van der Waals surface area contributed by atoms with Gasteiger partial charge in [0.1, 0.15) is 0 Å². The summed E-state index contributed by atoms with van der Waals surface area (Å²) in [6, 6.07) is 4.24. The first-order chi connectivity index (χ1) is 9.51. The number of benzene rings is 1. The molecule has 0 radical (unpaired) electrons. The molecule has 0 bridgehead atoms. The zero-order valence-electron chi connectivity index (χ0n) is 12.4. The Morgan fingerprint density at radius 1 is 1.35 bits per heavy atom. The van der Waals surface area contributed by atoms with Gasteiger partial charge in [-0.05, 0) is 65.2 Å². The van der Waals surface area contributed by atoms with Gasteiger partial charge in [-0.3, -0.25) is 4.90 Å². The van der Waals surface area contributed by atoms with E-state index >= 15 is 0 Å². The monoisotopic (exact) mass is 390 g/mol. The molecule has 0 aliphatic carbocycles. The first-order valence-corrected chi connectivity index (χ1v) is 7.92. The Hall–Kier alpha value is -0.530. The summed E-state index contributed by atoms with van der Waals surface area (Å²) in [5, 5.41) is 0. The van der Waals surface area contributed by atoms with Crippen molar-refractivity contribution in [2.75, 3.05) is 33.9 Å². The predicted octanol–water partition coefficient (Wildman–Crippen LogP) is 2.48.